The van der Waals surface area contributed by atoms with Gasteiger partial charge in [0.15, 0.2) is 0 Å². The highest BCUT2D eigenvalue weighted by atomic mass is 79.9. The zero-order valence-electron chi connectivity index (χ0n) is 11.7. The molecule has 3 nitrogen and oxygen atoms in total. The number of halogens is 1. The zero-order chi connectivity index (χ0) is 14.8. The van der Waals surface area contributed by atoms with Crippen LogP contribution in [0.1, 0.15) is 22.7 Å². The van der Waals surface area contributed by atoms with Crippen LogP contribution in [0.4, 0.5) is 0 Å². The second kappa shape index (κ2) is 5.93. The molecule has 0 radical (unpaired) electrons. The minimum absolute atomic E-state index is 0.0849. The number of fused-ring (bicyclic) bond motifs is 1. The van der Waals surface area contributed by atoms with E-state index < -0.39 is 0 Å². The van der Waals surface area contributed by atoms with E-state index in [1.807, 2.05) is 24.4 Å². The van der Waals surface area contributed by atoms with Gasteiger partial charge in [-0.3, -0.25) is 10.8 Å². The number of benzene rings is 2. The molecule has 0 bridgehead atoms. The number of pyridine rings is 1. The Morgan fingerprint density at radius 1 is 1.10 bits per heavy atom. The number of aryl methyl sites for hydroxylation is 1. The molecule has 3 N–H and O–H groups in total. The molecular weight excluding hydrogens is 326 g/mol. The summed E-state index contributed by atoms with van der Waals surface area (Å²) in [6.07, 6.45) is 1.88. The standard InChI is InChI=1S/C17H16BrN3/c1-11-6-13(9-15(18)7-11)17(21-19)14-8-12-4-2-3-5-16(12)20-10-14/h2-10,17,21H,19H2,1H3. The maximum Gasteiger partial charge on any atom is 0.0725 e. The van der Waals surface area contributed by atoms with Gasteiger partial charge < -0.3 is 0 Å². The molecule has 1 heterocycles. The number of hydrogen-bond acceptors (Lipinski definition) is 3. The van der Waals surface area contributed by atoms with Gasteiger partial charge in [-0.05, 0) is 47.9 Å². The average Bonchev–Trinajstić information content (AvgIpc) is 2.47. The SMILES string of the molecule is Cc1cc(Br)cc(C(NN)c2cnc3ccccc3c2)c1. The largest absolute Gasteiger partial charge is 0.271 e. The first-order chi connectivity index (χ1) is 10.2. The van der Waals surface area contributed by atoms with Gasteiger partial charge in [-0.1, -0.05) is 40.2 Å². The highest BCUT2D eigenvalue weighted by molar-refractivity contribution is 9.10. The molecule has 1 atom stereocenters. The molecule has 0 saturated carbocycles. The summed E-state index contributed by atoms with van der Waals surface area (Å²) < 4.78 is 1.05. The molecule has 3 rings (SSSR count). The lowest BCUT2D eigenvalue weighted by atomic mass is 9.98. The summed E-state index contributed by atoms with van der Waals surface area (Å²) in [7, 11) is 0. The average molecular weight is 342 g/mol. The van der Waals surface area contributed by atoms with E-state index in [0.717, 1.165) is 26.5 Å². The summed E-state index contributed by atoms with van der Waals surface area (Å²) in [6, 6.07) is 16.4. The predicted molar refractivity (Wildman–Crippen MR) is 89.8 cm³/mol. The Morgan fingerprint density at radius 2 is 1.90 bits per heavy atom. The minimum Gasteiger partial charge on any atom is -0.271 e. The Kier molecular flexibility index (Phi) is 4.01. The summed E-state index contributed by atoms with van der Waals surface area (Å²) in [6.45, 7) is 2.07. The molecule has 0 amide bonds. The molecule has 106 valence electrons. The van der Waals surface area contributed by atoms with Gasteiger partial charge in [0.2, 0.25) is 0 Å². The van der Waals surface area contributed by atoms with E-state index in [-0.39, 0.29) is 6.04 Å². The third kappa shape index (κ3) is 2.97. The second-order valence-electron chi connectivity index (χ2n) is 5.12. The predicted octanol–water partition coefficient (Wildman–Crippen LogP) is 3.86. The quantitative estimate of drug-likeness (QED) is 0.561. The minimum atomic E-state index is -0.0849. The van der Waals surface area contributed by atoms with Crippen molar-refractivity contribution < 1.29 is 0 Å². The number of hydrazine groups is 1. The summed E-state index contributed by atoms with van der Waals surface area (Å²) >= 11 is 3.54. The van der Waals surface area contributed by atoms with Crippen molar-refractivity contribution in [1.29, 1.82) is 0 Å². The molecule has 4 heteroatoms. The molecule has 0 aliphatic carbocycles. The van der Waals surface area contributed by atoms with Gasteiger partial charge in [0, 0.05) is 16.1 Å². The first-order valence-corrected chi connectivity index (χ1v) is 7.54. The highest BCUT2D eigenvalue weighted by Crippen LogP contribution is 2.26. The van der Waals surface area contributed by atoms with Crippen molar-refractivity contribution in [3.05, 3.63) is 75.9 Å². The van der Waals surface area contributed by atoms with Crippen molar-refractivity contribution >= 4 is 26.8 Å². The van der Waals surface area contributed by atoms with E-state index in [1.165, 1.54) is 5.56 Å². The molecule has 21 heavy (non-hydrogen) atoms. The highest BCUT2D eigenvalue weighted by Gasteiger charge is 2.14. The van der Waals surface area contributed by atoms with Crippen LogP contribution in [-0.4, -0.2) is 4.98 Å². The molecule has 1 unspecified atom stereocenters. The molecule has 0 fully saturated rings. The van der Waals surface area contributed by atoms with Gasteiger partial charge >= 0.3 is 0 Å². The fraction of sp³-hybridized carbons (Fsp3) is 0.118. The van der Waals surface area contributed by atoms with E-state index >= 15 is 0 Å². The van der Waals surface area contributed by atoms with Crippen molar-refractivity contribution in [3.8, 4) is 0 Å². The van der Waals surface area contributed by atoms with Crippen LogP contribution in [0.2, 0.25) is 0 Å². The fourth-order valence-electron chi connectivity index (χ4n) is 2.56. The Labute approximate surface area is 132 Å². The van der Waals surface area contributed by atoms with Crippen LogP contribution in [0, 0.1) is 6.92 Å². The van der Waals surface area contributed by atoms with E-state index in [1.54, 1.807) is 0 Å². The van der Waals surface area contributed by atoms with Crippen LogP contribution < -0.4 is 11.3 Å². The third-order valence-corrected chi connectivity index (χ3v) is 3.97. The third-order valence-electron chi connectivity index (χ3n) is 3.51. The van der Waals surface area contributed by atoms with Gasteiger partial charge in [0.05, 0.1) is 11.6 Å². The van der Waals surface area contributed by atoms with Crippen molar-refractivity contribution in [3.63, 3.8) is 0 Å². The zero-order valence-corrected chi connectivity index (χ0v) is 13.3. The molecule has 2 aromatic carbocycles. The van der Waals surface area contributed by atoms with Gasteiger partial charge in [0.25, 0.3) is 0 Å². The van der Waals surface area contributed by atoms with Crippen molar-refractivity contribution in [1.82, 2.24) is 10.4 Å². The van der Waals surface area contributed by atoms with E-state index in [4.69, 9.17) is 5.84 Å². The number of nitrogens with one attached hydrogen (secondary N) is 1. The second-order valence-corrected chi connectivity index (χ2v) is 6.04. The Balaban J connectivity index is 2.08. The van der Waals surface area contributed by atoms with Crippen molar-refractivity contribution in [2.24, 2.45) is 5.84 Å². The molecule has 0 saturated heterocycles. The molecule has 3 aromatic rings. The van der Waals surface area contributed by atoms with Crippen molar-refractivity contribution in [2.75, 3.05) is 0 Å². The normalized spacial score (nSPS) is 12.5. The van der Waals surface area contributed by atoms with Crippen LogP contribution in [-0.2, 0) is 0 Å². The smallest absolute Gasteiger partial charge is 0.0725 e. The van der Waals surface area contributed by atoms with E-state index in [0.29, 0.717) is 0 Å². The maximum atomic E-state index is 5.79. The Bertz CT molecular complexity index is 766. The lowest BCUT2D eigenvalue weighted by molar-refractivity contribution is 0.635. The van der Waals surface area contributed by atoms with Gasteiger partial charge in [-0.15, -0.1) is 0 Å². The number of nitrogens with two attached hydrogens (primary N) is 1. The van der Waals surface area contributed by atoms with Crippen LogP contribution in [0.5, 0.6) is 0 Å². The Hall–Kier alpha value is -1.75. The maximum absolute atomic E-state index is 5.79. The van der Waals surface area contributed by atoms with Crippen LogP contribution in [0.25, 0.3) is 10.9 Å². The lowest BCUT2D eigenvalue weighted by Gasteiger charge is -2.18. The van der Waals surface area contributed by atoms with Gasteiger partial charge in [0.1, 0.15) is 0 Å². The fourth-order valence-corrected chi connectivity index (χ4v) is 3.19. The first kappa shape index (κ1) is 14.2. The summed E-state index contributed by atoms with van der Waals surface area (Å²) in [5.41, 5.74) is 7.23. The molecule has 0 aliphatic heterocycles. The number of hydrogen-bond donors (Lipinski definition) is 2. The van der Waals surface area contributed by atoms with E-state index in [9.17, 15) is 0 Å². The summed E-state index contributed by atoms with van der Waals surface area (Å²) in [5.74, 6) is 5.79. The van der Waals surface area contributed by atoms with Crippen LogP contribution >= 0.6 is 15.9 Å². The lowest BCUT2D eigenvalue weighted by Crippen LogP contribution is -2.29. The van der Waals surface area contributed by atoms with Crippen LogP contribution in [0.3, 0.4) is 0 Å². The molecule has 0 spiro atoms. The molecule has 1 aromatic heterocycles. The van der Waals surface area contributed by atoms with Gasteiger partial charge in [-0.2, -0.15) is 0 Å². The number of aromatic nitrogens is 1. The van der Waals surface area contributed by atoms with Gasteiger partial charge in [-0.25, -0.2) is 5.43 Å². The van der Waals surface area contributed by atoms with E-state index in [2.05, 4.69) is 63.6 Å². The monoisotopic (exact) mass is 341 g/mol. The number of para-hydroxylation sites is 1. The Morgan fingerprint density at radius 3 is 2.67 bits per heavy atom. The first-order valence-electron chi connectivity index (χ1n) is 6.75. The topological polar surface area (TPSA) is 50.9 Å². The van der Waals surface area contributed by atoms with Crippen LogP contribution in [0.15, 0.2) is 59.2 Å². The number of nitrogens with zero attached hydrogens (tertiary/aromatic N) is 1. The molecular formula is C17H16BrN3. The van der Waals surface area contributed by atoms with Crippen molar-refractivity contribution in [2.45, 2.75) is 13.0 Å². The summed E-state index contributed by atoms with van der Waals surface area (Å²) in [4.78, 5) is 4.51. The molecule has 0 aliphatic rings. The summed E-state index contributed by atoms with van der Waals surface area (Å²) in [5, 5.41) is 1.11. The number of rotatable bonds is 3.